The van der Waals surface area contributed by atoms with Crippen molar-refractivity contribution in [2.75, 3.05) is 24.7 Å². The molecule has 0 bridgehead atoms. The lowest BCUT2D eigenvalue weighted by Gasteiger charge is -2.48. The molecule has 2 saturated heterocycles. The average Bonchev–Trinajstić information content (AvgIpc) is 3.11. The summed E-state index contributed by atoms with van der Waals surface area (Å²) in [6, 6.07) is 22.1. The molecule has 0 aromatic heterocycles. The number of benzene rings is 2. The molecule has 2 aromatic carbocycles. The third kappa shape index (κ3) is 3.33. The van der Waals surface area contributed by atoms with Crippen LogP contribution in [0.4, 0.5) is 5.69 Å². The quantitative estimate of drug-likeness (QED) is 0.857. The Kier molecular flexibility index (Phi) is 5.04. The maximum absolute atomic E-state index is 12.9. The van der Waals surface area contributed by atoms with Crippen LogP contribution in [0.2, 0.25) is 0 Å². The number of piperidine rings is 1. The van der Waals surface area contributed by atoms with Crippen LogP contribution in [0.15, 0.2) is 60.7 Å². The molecule has 1 spiro atoms. The van der Waals surface area contributed by atoms with Crippen molar-refractivity contribution in [1.29, 1.82) is 0 Å². The Morgan fingerprint density at radius 1 is 0.862 bits per heavy atom. The fourth-order valence-electron chi connectivity index (χ4n) is 5.90. The van der Waals surface area contributed by atoms with E-state index in [1.165, 1.54) is 31.2 Å². The number of hydrogen-bond donors (Lipinski definition) is 1. The van der Waals surface area contributed by atoms with E-state index in [1.54, 1.807) is 0 Å². The number of nitrogens with one attached hydrogen (secondary N) is 1. The highest BCUT2D eigenvalue weighted by molar-refractivity contribution is 5.93. The highest BCUT2D eigenvalue weighted by Gasteiger charge is 2.51. The molecule has 2 aliphatic heterocycles. The fraction of sp³-hybridized carbons (Fsp3) is 0.480. The Bertz CT molecular complexity index is 830. The number of nitrogens with zero attached hydrogens (tertiary/aromatic N) is 2. The van der Waals surface area contributed by atoms with Gasteiger partial charge in [-0.25, -0.2) is 0 Å². The van der Waals surface area contributed by atoms with E-state index in [-0.39, 0.29) is 11.4 Å². The highest BCUT2D eigenvalue weighted by Crippen LogP contribution is 2.41. The number of amides is 1. The second-order valence-corrected chi connectivity index (χ2v) is 8.86. The van der Waals surface area contributed by atoms with Crippen LogP contribution in [0, 0.1) is 0 Å². The number of para-hydroxylation sites is 1. The SMILES string of the molecule is O=C1NCN(c2ccccc2)C12CCN([C@H]1CCCC[C@@H]1c1ccccc1)CC2. The molecule has 2 heterocycles. The van der Waals surface area contributed by atoms with Crippen molar-refractivity contribution in [3.8, 4) is 0 Å². The summed E-state index contributed by atoms with van der Waals surface area (Å²) in [6.45, 7) is 2.63. The van der Waals surface area contributed by atoms with E-state index in [0.717, 1.165) is 31.6 Å². The number of rotatable bonds is 3. The largest absolute Gasteiger partial charge is 0.339 e. The van der Waals surface area contributed by atoms with Gasteiger partial charge in [0.05, 0.1) is 6.67 Å². The zero-order valence-corrected chi connectivity index (χ0v) is 17.1. The zero-order valence-electron chi connectivity index (χ0n) is 17.1. The van der Waals surface area contributed by atoms with Gasteiger partial charge in [0, 0.05) is 24.8 Å². The van der Waals surface area contributed by atoms with Gasteiger partial charge in [-0.15, -0.1) is 0 Å². The summed E-state index contributed by atoms with van der Waals surface area (Å²) in [6.07, 6.45) is 7.04. The average molecular weight is 390 g/mol. The van der Waals surface area contributed by atoms with Crippen LogP contribution < -0.4 is 10.2 Å². The highest BCUT2D eigenvalue weighted by atomic mass is 16.2. The first-order valence-electron chi connectivity index (χ1n) is 11.2. The maximum Gasteiger partial charge on any atom is 0.247 e. The van der Waals surface area contributed by atoms with Gasteiger partial charge in [-0.3, -0.25) is 9.69 Å². The van der Waals surface area contributed by atoms with Gasteiger partial charge in [-0.2, -0.15) is 0 Å². The molecule has 2 atom stereocenters. The second-order valence-electron chi connectivity index (χ2n) is 8.86. The Labute approximate surface area is 173 Å². The zero-order chi connectivity index (χ0) is 19.7. The molecule has 1 amide bonds. The van der Waals surface area contributed by atoms with Gasteiger partial charge in [-0.05, 0) is 49.3 Å². The summed E-state index contributed by atoms with van der Waals surface area (Å²) in [5.74, 6) is 0.839. The van der Waals surface area contributed by atoms with E-state index in [4.69, 9.17) is 0 Å². The Morgan fingerprint density at radius 3 is 2.24 bits per heavy atom. The van der Waals surface area contributed by atoms with Gasteiger partial charge in [0.15, 0.2) is 0 Å². The molecular formula is C25H31N3O. The summed E-state index contributed by atoms with van der Waals surface area (Å²) in [5, 5.41) is 3.13. The molecule has 1 saturated carbocycles. The van der Waals surface area contributed by atoms with Gasteiger partial charge >= 0.3 is 0 Å². The first kappa shape index (κ1) is 18.7. The number of anilines is 1. The predicted molar refractivity (Wildman–Crippen MR) is 117 cm³/mol. The number of hydrogen-bond acceptors (Lipinski definition) is 3. The van der Waals surface area contributed by atoms with Crippen LogP contribution in [0.3, 0.4) is 0 Å². The number of likely N-dealkylation sites (tertiary alicyclic amines) is 1. The Balaban J connectivity index is 1.34. The monoisotopic (exact) mass is 389 g/mol. The topological polar surface area (TPSA) is 35.6 Å². The van der Waals surface area contributed by atoms with Gasteiger partial charge in [-0.1, -0.05) is 61.4 Å². The summed E-state index contributed by atoms with van der Waals surface area (Å²) < 4.78 is 0. The minimum atomic E-state index is -0.380. The summed E-state index contributed by atoms with van der Waals surface area (Å²) in [5.41, 5.74) is 2.26. The Morgan fingerprint density at radius 2 is 1.52 bits per heavy atom. The molecule has 3 aliphatic rings. The second kappa shape index (κ2) is 7.83. The lowest BCUT2D eigenvalue weighted by atomic mass is 9.77. The fourth-order valence-corrected chi connectivity index (χ4v) is 5.90. The molecule has 2 aromatic rings. The molecule has 29 heavy (non-hydrogen) atoms. The van der Waals surface area contributed by atoms with Crippen LogP contribution in [-0.2, 0) is 4.79 Å². The van der Waals surface area contributed by atoms with E-state index >= 15 is 0 Å². The van der Waals surface area contributed by atoms with Gasteiger partial charge in [0.25, 0.3) is 0 Å². The standard InChI is InChI=1S/C25H31N3O/c29-24-25(28(19-26-24)21-11-5-2-6-12-21)15-17-27(18-16-25)23-14-8-7-13-22(23)20-9-3-1-4-10-20/h1-6,9-12,22-23H,7-8,13-19H2,(H,26,29)/t22-,23+/m1/s1. The van der Waals surface area contributed by atoms with Crippen LogP contribution in [-0.4, -0.2) is 42.1 Å². The maximum atomic E-state index is 12.9. The molecule has 5 rings (SSSR count). The van der Waals surface area contributed by atoms with E-state index < -0.39 is 0 Å². The lowest BCUT2D eigenvalue weighted by Crippen LogP contribution is -2.58. The number of carbonyl (C=O) groups is 1. The Hall–Kier alpha value is -2.33. The third-order valence-corrected chi connectivity index (χ3v) is 7.46. The third-order valence-electron chi connectivity index (χ3n) is 7.46. The molecular weight excluding hydrogens is 358 g/mol. The van der Waals surface area contributed by atoms with Crippen molar-refractivity contribution in [1.82, 2.24) is 10.2 Å². The summed E-state index contributed by atoms with van der Waals surface area (Å²) in [7, 11) is 0. The molecule has 152 valence electrons. The van der Waals surface area contributed by atoms with Crippen molar-refractivity contribution in [2.45, 2.75) is 56.0 Å². The predicted octanol–water partition coefficient (Wildman–Crippen LogP) is 4.14. The minimum Gasteiger partial charge on any atom is -0.339 e. The molecule has 1 aliphatic carbocycles. The van der Waals surface area contributed by atoms with Crippen molar-refractivity contribution >= 4 is 11.6 Å². The van der Waals surface area contributed by atoms with E-state index in [1.807, 2.05) is 6.07 Å². The van der Waals surface area contributed by atoms with E-state index in [2.05, 4.69) is 69.7 Å². The summed E-state index contributed by atoms with van der Waals surface area (Å²) in [4.78, 5) is 17.9. The van der Waals surface area contributed by atoms with Gasteiger partial charge in [0.1, 0.15) is 5.54 Å². The molecule has 3 fully saturated rings. The van der Waals surface area contributed by atoms with Gasteiger partial charge < -0.3 is 10.2 Å². The van der Waals surface area contributed by atoms with E-state index in [9.17, 15) is 4.79 Å². The first-order chi connectivity index (χ1) is 14.3. The normalized spacial score (nSPS) is 27.2. The van der Waals surface area contributed by atoms with Gasteiger partial charge in [0.2, 0.25) is 5.91 Å². The van der Waals surface area contributed by atoms with Crippen molar-refractivity contribution in [3.05, 3.63) is 66.2 Å². The van der Waals surface area contributed by atoms with Crippen molar-refractivity contribution < 1.29 is 4.79 Å². The van der Waals surface area contributed by atoms with Crippen molar-refractivity contribution in [3.63, 3.8) is 0 Å². The van der Waals surface area contributed by atoms with Crippen LogP contribution in [0.25, 0.3) is 0 Å². The van der Waals surface area contributed by atoms with Crippen LogP contribution >= 0.6 is 0 Å². The first-order valence-corrected chi connectivity index (χ1v) is 11.2. The van der Waals surface area contributed by atoms with E-state index in [0.29, 0.717) is 18.6 Å². The summed E-state index contributed by atoms with van der Waals surface area (Å²) >= 11 is 0. The van der Waals surface area contributed by atoms with Crippen LogP contribution in [0.1, 0.15) is 50.0 Å². The molecule has 0 radical (unpaired) electrons. The molecule has 0 unspecified atom stereocenters. The molecule has 4 heteroatoms. The lowest BCUT2D eigenvalue weighted by molar-refractivity contribution is -0.125. The minimum absolute atomic E-state index is 0.212. The van der Waals surface area contributed by atoms with Crippen molar-refractivity contribution in [2.24, 2.45) is 0 Å². The molecule has 4 nitrogen and oxygen atoms in total. The smallest absolute Gasteiger partial charge is 0.247 e. The van der Waals surface area contributed by atoms with Crippen LogP contribution in [0.5, 0.6) is 0 Å². The number of carbonyl (C=O) groups excluding carboxylic acids is 1. The molecule has 1 N–H and O–H groups in total.